The molecule has 0 amide bonds. The summed E-state index contributed by atoms with van der Waals surface area (Å²) in [5.41, 5.74) is 8.03. The molecule has 2 N–H and O–H groups in total. The molecule has 5 heteroatoms. The molecule has 0 spiro atoms. The number of hydrogen-bond acceptors (Lipinski definition) is 5. The Morgan fingerprint density at radius 1 is 1.29 bits per heavy atom. The van der Waals surface area contributed by atoms with Crippen molar-refractivity contribution in [2.45, 2.75) is 20.0 Å². The van der Waals surface area contributed by atoms with Gasteiger partial charge in [-0.15, -0.1) is 0 Å². The molecule has 1 aromatic carbocycles. The average Bonchev–Trinajstić information content (AvgIpc) is 2.46. The third-order valence-electron chi connectivity index (χ3n) is 2.92. The normalized spacial score (nSPS) is 10.1. The lowest BCUT2D eigenvalue weighted by Gasteiger charge is -2.08. The molecule has 21 heavy (non-hydrogen) atoms. The Bertz CT molecular complexity index is 614. The van der Waals surface area contributed by atoms with Crippen molar-refractivity contribution in [2.75, 3.05) is 12.3 Å². The number of carbonyl (C=O) groups excluding carboxylic acids is 1. The number of benzene rings is 1. The van der Waals surface area contributed by atoms with E-state index in [1.54, 1.807) is 30.5 Å². The number of hydrogen-bond donors (Lipinski definition) is 1. The molecule has 2 rings (SSSR count). The summed E-state index contributed by atoms with van der Waals surface area (Å²) in [5, 5.41) is 0. The van der Waals surface area contributed by atoms with Crippen LogP contribution in [0.2, 0.25) is 0 Å². The Morgan fingerprint density at radius 2 is 2.14 bits per heavy atom. The van der Waals surface area contributed by atoms with Gasteiger partial charge >= 0.3 is 5.97 Å². The molecule has 0 aliphatic carbocycles. The molecule has 0 atom stereocenters. The van der Waals surface area contributed by atoms with E-state index in [2.05, 4.69) is 4.98 Å². The standard InChI is InChI=1S/C16H18N2O3/c1-12-4-3-8-18-15(12)11-21-16(19)7-9-20-14-6-2-5-13(17)10-14/h2-6,8,10H,7,9,11,17H2,1H3. The van der Waals surface area contributed by atoms with Crippen LogP contribution in [0.1, 0.15) is 17.7 Å². The average molecular weight is 286 g/mol. The van der Waals surface area contributed by atoms with E-state index in [4.69, 9.17) is 15.2 Å². The van der Waals surface area contributed by atoms with Gasteiger partial charge in [0.05, 0.1) is 18.7 Å². The number of anilines is 1. The van der Waals surface area contributed by atoms with Crippen LogP contribution in [0.5, 0.6) is 5.75 Å². The van der Waals surface area contributed by atoms with E-state index in [9.17, 15) is 4.79 Å². The molecule has 0 saturated carbocycles. The quantitative estimate of drug-likeness (QED) is 0.652. The van der Waals surface area contributed by atoms with Crippen molar-refractivity contribution in [3.63, 3.8) is 0 Å². The monoisotopic (exact) mass is 286 g/mol. The molecule has 0 aliphatic heterocycles. The summed E-state index contributed by atoms with van der Waals surface area (Å²) in [4.78, 5) is 15.8. The van der Waals surface area contributed by atoms with Crippen LogP contribution in [-0.4, -0.2) is 17.6 Å². The van der Waals surface area contributed by atoms with Crippen LogP contribution < -0.4 is 10.5 Å². The SMILES string of the molecule is Cc1cccnc1COC(=O)CCOc1cccc(N)c1. The van der Waals surface area contributed by atoms with Crippen LogP contribution in [0.15, 0.2) is 42.6 Å². The van der Waals surface area contributed by atoms with Crippen molar-refractivity contribution < 1.29 is 14.3 Å². The van der Waals surface area contributed by atoms with Crippen LogP contribution in [-0.2, 0) is 16.1 Å². The van der Waals surface area contributed by atoms with E-state index in [0.717, 1.165) is 11.3 Å². The number of aromatic nitrogens is 1. The van der Waals surface area contributed by atoms with E-state index >= 15 is 0 Å². The highest BCUT2D eigenvalue weighted by Gasteiger charge is 2.06. The number of carbonyl (C=O) groups is 1. The van der Waals surface area contributed by atoms with Crippen LogP contribution in [0.3, 0.4) is 0 Å². The van der Waals surface area contributed by atoms with Crippen LogP contribution >= 0.6 is 0 Å². The van der Waals surface area contributed by atoms with E-state index < -0.39 is 0 Å². The van der Waals surface area contributed by atoms with Gasteiger partial charge in [-0.2, -0.15) is 0 Å². The van der Waals surface area contributed by atoms with Crippen molar-refractivity contribution in [1.82, 2.24) is 4.98 Å². The molecule has 1 aromatic heterocycles. The number of nitrogens with zero attached hydrogens (tertiary/aromatic N) is 1. The minimum atomic E-state index is -0.316. The molecule has 5 nitrogen and oxygen atoms in total. The summed E-state index contributed by atoms with van der Waals surface area (Å²) in [6.07, 6.45) is 1.86. The summed E-state index contributed by atoms with van der Waals surface area (Å²) in [7, 11) is 0. The van der Waals surface area contributed by atoms with E-state index in [-0.39, 0.29) is 25.6 Å². The minimum absolute atomic E-state index is 0.181. The molecule has 2 aromatic rings. The lowest BCUT2D eigenvalue weighted by atomic mass is 10.2. The van der Waals surface area contributed by atoms with Crippen molar-refractivity contribution in [3.05, 3.63) is 53.9 Å². The Morgan fingerprint density at radius 3 is 2.90 bits per heavy atom. The first-order valence-corrected chi connectivity index (χ1v) is 6.69. The van der Waals surface area contributed by atoms with Crippen molar-refractivity contribution in [2.24, 2.45) is 0 Å². The molecule has 0 unspecified atom stereocenters. The first-order chi connectivity index (χ1) is 10.1. The molecule has 0 fully saturated rings. The molecule has 110 valence electrons. The van der Waals surface area contributed by atoms with Crippen LogP contribution in [0, 0.1) is 6.92 Å². The summed E-state index contributed by atoms with van der Waals surface area (Å²) < 4.78 is 10.6. The van der Waals surface area contributed by atoms with Crippen LogP contribution in [0.4, 0.5) is 5.69 Å². The Kier molecular flexibility index (Phi) is 5.15. The van der Waals surface area contributed by atoms with E-state index in [1.165, 1.54) is 0 Å². The predicted octanol–water partition coefficient (Wildman–Crippen LogP) is 2.48. The first-order valence-electron chi connectivity index (χ1n) is 6.69. The second-order valence-electron chi connectivity index (χ2n) is 4.60. The third kappa shape index (κ3) is 4.80. The van der Waals surface area contributed by atoms with Gasteiger partial charge in [0, 0.05) is 18.0 Å². The van der Waals surface area contributed by atoms with Gasteiger partial charge in [0.15, 0.2) is 0 Å². The molecular weight excluding hydrogens is 268 g/mol. The number of rotatable bonds is 6. The van der Waals surface area contributed by atoms with Crippen LogP contribution in [0.25, 0.3) is 0 Å². The number of aryl methyl sites for hydroxylation is 1. The molecule has 0 radical (unpaired) electrons. The highest BCUT2D eigenvalue weighted by Crippen LogP contribution is 2.14. The highest BCUT2D eigenvalue weighted by atomic mass is 16.5. The topological polar surface area (TPSA) is 74.4 Å². The Balaban J connectivity index is 1.72. The third-order valence-corrected chi connectivity index (χ3v) is 2.92. The molecule has 1 heterocycles. The van der Waals surface area contributed by atoms with Gasteiger partial charge in [-0.1, -0.05) is 12.1 Å². The van der Waals surface area contributed by atoms with Gasteiger partial charge in [-0.25, -0.2) is 0 Å². The van der Waals surface area contributed by atoms with Gasteiger partial charge in [0.2, 0.25) is 0 Å². The molecular formula is C16H18N2O3. The number of nitrogens with two attached hydrogens (primary N) is 1. The van der Waals surface area contributed by atoms with Crippen molar-refractivity contribution in [3.8, 4) is 5.75 Å². The summed E-state index contributed by atoms with van der Waals surface area (Å²) in [5.74, 6) is 0.326. The number of esters is 1. The van der Waals surface area contributed by atoms with Gasteiger partial charge in [-0.3, -0.25) is 9.78 Å². The van der Waals surface area contributed by atoms with Gasteiger partial charge in [-0.05, 0) is 30.7 Å². The summed E-state index contributed by atoms with van der Waals surface area (Å²) in [6.45, 7) is 2.37. The zero-order chi connectivity index (χ0) is 15.1. The highest BCUT2D eigenvalue weighted by molar-refractivity contribution is 5.69. The fourth-order valence-electron chi connectivity index (χ4n) is 1.75. The minimum Gasteiger partial charge on any atom is -0.493 e. The number of pyridine rings is 1. The fourth-order valence-corrected chi connectivity index (χ4v) is 1.75. The van der Waals surface area contributed by atoms with Gasteiger partial charge < -0.3 is 15.2 Å². The van der Waals surface area contributed by atoms with Crippen molar-refractivity contribution >= 4 is 11.7 Å². The largest absolute Gasteiger partial charge is 0.493 e. The predicted molar refractivity (Wildman–Crippen MR) is 79.7 cm³/mol. The molecule has 0 aliphatic rings. The Labute approximate surface area is 123 Å². The maximum Gasteiger partial charge on any atom is 0.309 e. The zero-order valence-electron chi connectivity index (χ0n) is 11.9. The fraction of sp³-hybridized carbons (Fsp3) is 0.250. The van der Waals surface area contributed by atoms with Crippen molar-refractivity contribution in [1.29, 1.82) is 0 Å². The number of nitrogen functional groups attached to an aromatic ring is 1. The molecule has 0 bridgehead atoms. The maximum absolute atomic E-state index is 11.6. The second kappa shape index (κ2) is 7.28. The first kappa shape index (κ1) is 14.8. The second-order valence-corrected chi connectivity index (χ2v) is 4.60. The zero-order valence-corrected chi connectivity index (χ0v) is 11.9. The smallest absolute Gasteiger partial charge is 0.309 e. The van der Waals surface area contributed by atoms with E-state index in [0.29, 0.717) is 11.4 Å². The van der Waals surface area contributed by atoms with Gasteiger partial charge in [0.1, 0.15) is 12.4 Å². The van der Waals surface area contributed by atoms with Gasteiger partial charge in [0.25, 0.3) is 0 Å². The maximum atomic E-state index is 11.6. The summed E-state index contributed by atoms with van der Waals surface area (Å²) >= 11 is 0. The van der Waals surface area contributed by atoms with E-state index in [1.807, 2.05) is 19.1 Å². The number of ether oxygens (including phenoxy) is 2. The molecule has 0 saturated heterocycles. The lowest BCUT2D eigenvalue weighted by Crippen LogP contribution is -2.11. The summed E-state index contributed by atoms with van der Waals surface area (Å²) in [6, 6.07) is 10.9. The Hall–Kier alpha value is -2.56. The lowest BCUT2D eigenvalue weighted by molar-refractivity contribution is -0.145.